The van der Waals surface area contributed by atoms with Crippen molar-refractivity contribution in [2.75, 3.05) is 33.3 Å². The predicted octanol–water partition coefficient (Wildman–Crippen LogP) is 1.88. The van der Waals surface area contributed by atoms with Gasteiger partial charge in [0.15, 0.2) is 0 Å². The van der Waals surface area contributed by atoms with E-state index in [4.69, 9.17) is 4.74 Å². The molecule has 0 aromatic carbocycles. The molecular formula is C14H28N2O. The van der Waals surface area contributed by atoms with Gasteiger partial charge in [-0.25, -0.2) is 0 Å². The van der Waals surface area contributed by atoms with Gasteiger partial charge in [0.25, 0.3) is 0 Å². The molecule has 0 spiro atoms. The molecule has 17 heavy (non-hydrogen) atoms. The molecule has 100 valence electrons. The van der Waals surface area contributed by atoms with Crippen LogP contribution in [0.3, 0.4) is 0 Å². The molecular weight excluding hydrogens is 212 g/mol. The van der Waals surface area contributed by atoms with E-state index < -0.39 is 0 Å². The van der Waals surface area contributed by atoms with E-state index in [0.29, 0.717) is 12.1 Å². The molecule has 0 aromatic rings. The maximum absolute atomic E-state index is 5.61. The zero-order valence-electron chi connectivity index (χ0n) is 11.5. The average molecular weight is 240 g/mol. The van der Waals surface area contributed by atoms with E-state index in [0.717, 1.165) is 25.6 Å². The molecule has 0 radical (unpaired) electrons. The molecule has 1 N–H and O–H groups in total. The highest BCUT2D eigenvalue weighted by Crippen LogP contribution is 2.27. The maximum Gasteiger partial charge on any atom is 0.0674 e. The number of hydrogen-bond acceptors (Lipinski definition) is 3. The van der Waals surface area contributed by atoms with Crippen molar-refractivity contribution in [2.45, 2.75) is 51.2 Å². The standard InChI is InChI=1S/C14H28N2O/c1-12-10-16(8-9-17-12)11-14(15-2)13-6-4-3-5-7-13/h12-15H,3-11H2,1-2H3. The Labute approximate surface area is 106 Å². The van der Waals surface area contributed by atoms with Crippen molar-refractivity contribution in [3.63, 3.8) is 0 Å². The number of morpholine rings is 1. The molecule has 3 nitrogen and oxygen atoms in total. The third-order valence-corrected chi connectivity index (χ3v) is 4.37. The van der Waals surface area contributed by atoms with E-state index in [1.165, 1.54) is 38.6 Å². The van der Waals surface area contributed by atoms with E-state index in [-0.39, 0.29) is 0 Å². The van der Waals surface area contributed by atoms with E-state index in [2.05, 4.69) is 24.2 Å². The largest absolute Gasteiger partial charge is 0.376 e. The molecule has 2 aliphatic rings. The lowest BCUT2D eigenvalue weighted by Gasteiger charge is -2.37. The quantitative estimate of drug-likeness (QED) is 0.812. The van der Waals surface area contributed by atoms with Crippen LogP contribution in [-0.2, 0) is 4.74 Å². The average Bonchev–Trinajstić information content (AvgIpc) is 2.37. The van der Waals surface area contributed by atoms with Crippen LogP contribution in [0.25, 0.3) is 0 Å². The molecule has 1 aliphatic carbocycles. The van der Waals surface area contributed by atoms with E-state index >= 15 is 0 Å². The van der Waals surface area contributed by atoms with Crippen LogP contribution in [0.5, 0.6) is 0 Å². The number of ether oxygens (including phenoxy) is 1. The Bertz CT molecular complexity index is 216. The van der Waals surface area contributed by atoms with Crippen LogP contribution >= 0.6 is 0 Å². The van der Waals surface area contributed by atoms with Crippen molar-refractivity contribution in [3.8, 4) is 0 Å². The van der Waals surface area contributed by atoms with Gasteiger partial charge < -0.3 is 10.1 Å². The summed E-state index contributed by atoms with van der Waals surface area (Å²) in [6, 6.07) is 0.681. The van der Waals surface area contributed by atoms with Crippen LogP contribution in [0.4, 0.5) is 0 Å². The van der Waals surface area contributed by atoms with Gasteiger partial charge in [-0.3, -0.25) is 4.90 Å². The van der Waals surface area contributed by atoms with Gasteiger partial charge in [0.05, 0.1) is 12.7 Å². The van der Waals surface area contributed by atoms with Crippen molar-refractivity contribution in [3.05, 3.63) is 0 Å². The van der Waals surface area contributed by atoms with Crippen LogP contribution < -0.4 is 5.32 Å². The fourth-order valence-electron chi connectivity index (χ4n) is 3.35. The number of hydrogen-bond donors (Lipinski definition) is 1. The summed E-state index contributed by atoms with van der Waals surface area (Å²) in [7, 11) is 2.13. The lowest BCUT2D eigenvalue weighted by atomic mass is 9.83. The minimum Gasteiger partial charge on any atom is -0.376 e. The highest BCUT2D eigenvalue weighted by atomic mass is 16.5. The summed E-state index contributed by atoms with van der Waals surface area (Å²) in [5.41, 5.74) is 0. The Morgan fingerprint density at radius 3 is 2.71 bits per heavy atom. The predicted molar refractivity (Wildman–Crippen MR) is 71.3 cm³/mol. The first kappa shape index (κ1) is 13.3. The van der Waals surface area contributed by atoms with Gasteiger partial charge >= 0.3 is 0 Å². The second-order valence-corrected chi connectivity index (χ2v) is 5.73. The minimum absolute atomic E-state index is 0.410. The van der Waals surface area contributed by atoms with E-state index in [1.54, 1.807) is 0 Å². The first-order chi connectivity index (χ1) is 8.29. The van der Waals surface area contributed by atoms with Crippen molar-refractivity contribution in [1.29, 1.82) is 0 Å². The van der Waals surface area contributed by atoms with Crippen LogP contribution in [0.2, 0.25) is 0 Å². The molecule has 0 bridgehead atoms. The Morgan fingerprint density at radius 1 is 1.29 bits per heavy atom. The molecule has 2 fully saturated rings. The normalized spacial score (nSPS) is 30.4. The molecule has 2 unspecified atom stereocenters. The first-order valence-electron chi connectivity index (χ1n) is 7.31. The van der Waals surface area contributed by atoms with Crippen LogP contribution in [0, 0.1) is 5.92 Å². The monoisotopic (exact) mass is 240 g/mol. The molecule has 1 saturated carbocycles. The summed E-state index contributed by atoms with van der Waals surface area (Å²) in [5.74, 6) is 0.895. The summed E-state index contributed by atoms with van der Waals surface area (Å²) >= 11 is 0. The Hall–Kier alpha value is -0.120. The van der Waals surface area contributed by atoms with Crippen molar-refractivity contribution >= 4 is 0 Å². The van der Waals surface area contributed by atoms with Gasteiger partial charge in [-0.1, -0.05) is 19.3 Å². The molecule has 1 saturated heterocycles. The zero-order chi connectivity index (χ0) is 12.1. The number of nitrogens with zero attached hydrogens (tertiary/aromatic N) is 1. The smallest absolute Gasteiger partial charge is 0.0674 e. The van der Waals surface area contributed by atoms with Crippen molar-refractivity contribution in [1.82, 2.24) is 10.2 Å². The van der Waals surface area contributed by atoms with E-state index in [1.807, 2.05) is 0 Å². The summed E-state index contributed by atoms with van der Waals surface area (Å²) < 4.78 is 5.61. The molecule has 0 aromatic heterocycles. The summed E-state index contributed by atoms with van der Waals surface area (Å²) in [6.07, 6.45) is 7.57. The second kappa shape index (κ2) is 6.72. The third kappa shape index (κ3) is 3.94. The first-order valence-corrected chi connectivity index (χ1v) is 7.31. The van der Waals surface area contributed by atoms with Gasteiger partial charge in [-0.05, 0) is 32.7 Å². The topological polar surface area (TPSA) is 24.5 Å². The van der Waals surface area contributed by atoms with Gasteiger partial charge in [0.1, 0.15) is 0 Å². The number of nitrogens with one attached hydrogen (secondary N) is 1. The maximum atomic E-state index is 5.61. The number of rotatable bonds is 4. The lowest BCUT2D eigenvalue weighted by molar-refractivity contribution is -0.0234. The van der Waals surface area contributed by atoms with E-state index in [9.17, 15) is 0 Å². The second-order valence-electron chi connectivity index (χ2n) is 5.73. The third-order valence-electron chi connectivity index (χ3n) is 4.37. The number of likely N-dealkylation sites (N-methyl/N-ethyl adjacent to an activating group) is 1. The minimum atomic E-state index is 0.410. The highest BCUT2D eigenvalue weighted by Gasteiger charge is 2.26. The molecule has 2 rings (SSSR count). The zero-order valence-corrected chi connectivity index (χ0v) is 11.5. The van der Waals surface area contributed by atoms with Crippen molar-refractivity contribution < 1.29 is 4.74 Å². The van der Waals surface area contributed by atoms with Gasteiger partial charge in [-0.2, -0.15) is 0 Å². The van der Waals surface area contributed by atoms with Crippen LogP contribution in [0.1, 0.15) is 39.0 Å². The lowest BCUT2D eigenvalue weighted by Crippen LogP contribution is -2.50. The molecule has 3 heteroatoms. The Balaban J connectivity index is 1.81. The van der Waals surface area contributed by atoms with Crippen molar-refractivity contribution in [2.24, 2.45) is 5.92 Å². The SMILES string of the molecule is CNC(CN1CCOC(C)C1)C1CCCCC1. The molecule has 0 amide bonds. The molecule has 2 atom stereocenters. The van der Waals surface area contributed by atoms with Crippen LogP contribution in [-0.4, -0.2) is 50.3 Å². The Kier molecular flexibility index (Phi) is 5.26. The summed E-state index contributed by atoms with van der Waals surface area (Å²) in [4.78, 5) is 2.57. The highest BCUT2D eigenvalue weighted by molar-refractivity contribution is 4.82. The summed E-state index contributed by atoms with van der Waals surface area (Å²) in [6.45, 7) is 6.50. The van der Waals surface area contributed by atoms with Gasteiger partial charge in [0, 0.05) is 25.7 Å². The fourth-order valence-corrected chi connectivity index (χ4v) is 3.35. The van der Waals surface area contributed by atoms with Crippen LogP contribution in [0.15, 0.2) is 0 Å². The Morgan fingerprint density at radius 2 is 2.06 bits per heavy atom. The molecule has 1 heterocycles. The molecule has 1 aliphatic heterocycles. The fraction of sp³-hybridized carbons (Fsp3) is 1.00. The summed E-state index contributed by atoms with van der Waals surface area (Å²) in [5, 5.41) is 3.55. The van der Waals surface area contributed by atoms with Gasteiger partial charge in [0.2, 0.25) is 0 Å². The van der Waals surface area contributed by atoms with Gasteiger partial charge in [-0.15, -0.1) is 0 Å².